The molecular weight excluding hydrogens is 380 g/mol. The Morgan fingerprint density at radius 3 is 2.43 bits per heavy atom. The maximum Gasteiger partial charge on any atom is 0.271 e. The number of nitrogens with one attached hydrogen (secondary N) is 1. The minimum Gasteiger partial charge on any atom is -0.489 e. The highest BCUT2D eigenvalue weighted by molar-refractivity contribution is 6.30. The number of carbonyl (C=O) groups is 2. The van der Waals surface area contributed by atoms with Gasteiger partial charge in [0.1, 0.15) is 12.4 Å². The number of hydrogen-bond acceptors (Lipinski definition) is 4. The molecule has 28 heavy (non-hydrogen) atoms. The Bertz CT molecular complexity index is 982. The molecular formula is C20H19ClN4O3. The largest absolute Gasteiger partial charge is 0.489 e. The van der Waals surface area contributed by atoms with Gasteiger partial charge in [0.25, 0.3) is 11.8 Å². The predicted molar refractivity (Wildman–Crippen MR) is 107 cm³/mol. The molecule has 3 rings (SSSR count). The summed E-state index contributed by atoms with van der Waals surface area (Å²) in [5, 5.41) is 7.37. The highest BCUT2D eigenvalue weighted by atomic mass is 35.5. The van der Waals surface area contributed by atoms with Crippen molar-refractivity contribution in [3.05, 3.63) is 76.6 Å². The first kappa shape index (κ1) is 19.4. The molecule has 0 radical (unpaired) electrons. The van der Waals surface area contributed by atoms with Crippen LogP contribution in [0.2, 0.25) is 5.02 Å². The van der Waals surface area contributed by atoms with Crippen LogP contribution in [0.4, 0.5) is 5.69 Å². The lowest BCUT2D eigenvalue weighted by atomic mass is 10.1. The van der Waals surface area contributed by atoms with Gasteiger partial charge in [-0.1, -0.05) is 23.7 Å². The van der Waals surface area contributed by atoms with Crippen LogP contribution in [0, 0.1) is 0 Å². The van der Waals surface area contributed by atoms with Crippen molar-refractivity contribution in [3.8, 4) is 5.75 Å². The van der Waals surface area contributed by atoms with Crippen molar-refractivity contribution in [1.82, 2.24) is 9.78 Å². The van der Waals surface area contributed by atoms with Gasteiger partial charge in [0, 0.05) is 23.3 Å². The van der Waals surface area contributed by atoms with E-state index in [0.29, 0.717) is 29.5 Å². The van der Waals surface area contributed by atoms with Crippen molar-refractivity contribution in [3.63, 3.8) is 0 Å². The van der Waals surface area contributed by atoms with Crippen LogP contribution in [-0.2, 0) is 13.2 Å². The van der Waals surface area contributed by atoms with Crippen LogP contribution in [0.15, 0.2) is 54.7 Å². The maximum atomic E-state index is 12.5. The third kappa shape index (κ3) is 4.69. The summed E-state index contributed by atoms with van der Waals surface area (Å²) in [6, 6.07) is 14.1. The number of benzene rings is 2. The summed E-state index contributed by atoms with van der Waals surface area (Å²) in [5.41, 5.74) is 6.98. The monoisotopic (exact) mass is 398 g/mol. The van der Waals surface area contributed by atoms with E-state index in [1.54, 1.807) is 54.7 Å². The highest BCUT2D eigenvalue weighted by Gasteiger charge is 2.16. The normalized spacial score (nSPS) is 10.5. The van der Waals surface area contributed by atoms with Crippen molar-refractivity contribution >= 4 is 29.1 Å². The van der Waals surface area contributed by atoms with Crippen molar-refractivity contribution in [2.24, 2.45) is 5.73 Å². The zero-order valence-electron chi connectivity index (χ0n) is 15.2. The Balaban J connectivity index is 1.64. The summed E-state index contributed by atoms with van der Waals surface area (Å²) in [5.74, 6) is -0.348. The number of aryl methyl sites for hydroxylation is 1. The van der Waals surface area contributed by atoms with E-state index in [0.717, 1.165) is 5.56 Å². The Hall–Kier alpha value is -3.32. The molecule has 2 aromatic carbocycles. The molecule has 0 saturated heterocycles. The average Bonchev–Trinajstić information content (AvgIpc) is 3.11. The minimum atomic E-state index is -0.697. The molecule has 0 unspecified atom stereocenters. The SMILES string of the molecule is CCn1cc(NC(=O)c2ccc(COc3ccc(Cl)cc3)cc2)c(C(N)=O)n1. The number of nitrogens with zero attached hydrogens (tertiary/aromatic N) is 2. The van der Waals surface area contributed by atoms with E-state index in [9.17, 15) is 9.59 Å². The fourth-order valence-electron chi connectivity index (χ4n) is 2.50. The maximum absolute atomic E-state index is 12.5. The molecule has 0 saturated carbocycles. The summed E-state index contributed by atoms with van der Waals surface area (Å²) in [4.78, 5) is 24.0. The summed E-state index contributed by atoms with van der Waals surface area (Å²) < 4.78 is 7.21. The van der Waals surface area contributed by atoms with Gasteiger partial charge in [0.05, 0.1) is 5.69 Å². The predicted octanol–water partition coefficient (Wildman–Crippen LogP) is 3.49. The molecule has 144 valence electrons. The first-order chi connectivity index (χ1) is 13.5. The first-order valence-corrected chi connectivity index (χ1v) is 9.00. The Morgan fingerprint density at radius 1 is 1.14 bits per heavy atom. The second kappa shape index (κ2) is 8.58. The van der Waals surface area contributed by atoms with Crippen LogP contribution < -0.4 is 15.8 Å². The van der Waals surface area contributed by atoms with Crippen LogP contribution in [0.5, 0.6) is 5.75 Å². The number of halogens is 1. The molecule has 0 aliphatic heterocycles. The van der Waals surface area contributed by atoms with Gasteiger partial charge in [0.2, 0.25) is 0 Å². The highest BCUT2D eigenvalue weighted by Crippen LogP contribution is 2.18. The summed E-state index contributed by atoms with van der Waals surface area (Å²) in [6.07, 6.45) is 1.58. The number of aromatic nitrogens is 2. The molecule has 8 heteroatoms. The summed E-state index contributed by atoms with van der Waals surface area (Å²) in [7, 11) is 0. The van der Waals surface area contributed by atoms with Gasteiger partial charge in [-0.3, -0.25) is 14.3 Å². The van der Waals surface area contributed by atoms with Crippen LogP contribution in [0.3, 0.4) is 0 Å². The van der Waals surface area contributed by atoms with Crippen LogP contribution >= 0.6 is 11.6 Å². The third-order valence-electron chi connectivity index (χ3n) is 4.00. The Labute approximate surface area is 167 Å². The molecule has 0 aliphatic rings. The molecule has 2 amide bonds. The number of rotatable bonds is 7. The van der Waals surface area contributed by atoms with Crippen molar-refractivity contribution < 1.29 is 14.3 Å². The number of hydrogen-bond donors (Lipinski definition) is 2. The molecule has 1 heterocycles. The molecule has 3 N–H and O–H groups in total. The number of nitrogens with two attached hydrogens (primary N) is 1. The quantitative estimate of drug-likeness (QED) is 0.636. The minimum absolute atomic E-state index is 0.0307. The smallest absolute Gasteiger partial charge is 0.271 e. The fourth-order valence-corrected chi connectivity index (χ4v) is 2.63. The van der Waals surface area contributed by atoms with Gasteiger partial charge in [-0.25, -0.2) is 0 Å². The van der Waals surface area contributed by atoms with E-state index in [2.05, 4.69) is 10.4 Å². The van der Waals surface area contributed by atoms with Gasteiger partial charge in [-0.2, -0.15) is 5.10 Å². The standard InChI is InChI=1S/C20H19ClN4O3/c1-2-25-11-17(18(24-25)19(22)26)23-20(27)14-5-3-13(4-6-14)12-28-16-9-7-15(21)8-10-16/h3-11H,2,12H2,1H3,(H2,22,26)(H,23,27). The zero-order valence-corrected chi connectivity index (χ0v) is 15.9. The van der Waals surface area contributed by atoms with Gasteiger partial charge < -0.3 is 15.8 Å². The molecule has 0 spiro atoms. The molecule has 7 nitrogen and oxygen atoms in total. The van der Waals surface area contributed by atoms with Crippen molar-refractivity contribution in [2.75, 3.05) is 5.32 Å². The van der Waals surface area contributed by atoms with Crippen LogP contribution in [-0.4, -0.2) is 21.6 Å². The molecule has 0 atom stereocenters. The fraction of sp³-hybridized carbons (Fsp3) is 0.150. The number of ether oxygens (including phenoxy) is 1. The number of amides is 2. The van der Waals surface area contributed by atoms with E-state index in [-0.39, 0.29) is 17.3 Å². The van der Waals surface area contributed by atoms with Crippen LogP contribution in [0.25, 0.3) is 0 Å². The van der Waals surface area contributed by atoms with Gasteiger partial charge >= 0.3 is 0 Å². The second-order valence-electron chi connectivity index (χ2n) is 6.00. The van der Waals surface area contributed by atoms with E-state index in [1.807, 2.05) is 6.92 Å². The van der Waals surface area contributed by atoms with E-state index < -0.39 is 5.91 Å². The topological polar surface area (TPSA) is 99.2 Å². The number of anilines is 1. The third-order valence-corrected chi connectivity index (χ3v) is 4.25. The summed E-state index contributed by atoms with van der Waals surface area (Å²) in [6.45, 7) is 2.78. The first-order valence-electron chi connectivity index (χ1n) is 8.62. The van der Waals surface area contributed by atoms with Gasteiger partial charge in [-0.05, 0) is 48.9 Å². The lowest BCUT2D eigenvalue weighted by molar-refractivity contribution is 0.0995. The Kier molecular flexibility index (Phi) is 5.96. The molecule has 0 aliphatic carbocycles. The van der Waals surface area contributed by atoms with Gasteiger partial charge in [-0.15, -0.1) is 0 Å². The van der Waals surface area contributed by atoms with Crippen molar-refractivity contribution in [1.29, 1.82) is 0 Å². The van der Waals surface area contributed by atoms with E-state index in [4.69, 9.17) is 22.1 Å². The molecule has 0 bridgehead atoms. The lowest BCUT2D eigenvalue weighted by Crippen LogP contribution is -2.18. The zero-order chi connectivity index (χ0) is 20.1. The second-order valence-corrected chi connectivity index (χ2v) is 6.44. The lowest BCUT2D eigenvalue weighted by Gasteiger charge is -2.08. The van der Waals surface area contributed by atoms with Gasteiger partial charge in [0.15, 0.2) is 5.69 Å². The molecule has 1 aromatic heterocycles. The molecule has 3 aromatic rings. The Morgan fingerprint density at radius 2 is 1.82 bits per heavy atom. The average molecular weight is 399 g/mol. The van der Waals surface area contributed by atoms with Crippen molar-refractivity contribution in [2.45, 2.75) is 20.1 Å². The summed E-state index contributed by atoms with van der Waals surface area (Å²) >= 11 is 5.85. The van der Waals surface area contributed by atoms with Crippen LogP contribution in [0.1, 0.15) is 33.3 Å². The van der Waals surface area contributed by atoms with E-state index in [1.165, 1.54) is 4.68 Å². The number of primary amides is 1. The van der Waals surface area contributed by atoms with E-state index >= 15 is 0 Å². The number of carbonyl (C=O) groups excluding carboxylic acids is 2. The molecule has 0 fully saturated rings.